The van der Waals surface area contributed by atoms with Crippen molar-refractivity contribution in [1.82, 2.24) is 10.2 Å². The largest absolute Gasteiger partial charge is 0.352 e. The molecule has 1 unspecified atom stereocenters. The van der Waals surface area contributed by atoms with Crippen LogP contribution in [0.15, 0.2) is 30.3 Å². The fraction of sp³-hybridized carbons (Fsp3) is 0.556. The van der Waals surface area contributed by atoms with Gasteiger partial charge in [0.1, 0.15) is 0 Å². The van der Waals surface area contributed by atoms with Crippen molar-refractivity contribution < 1.29 is 9.59 Å². The van der Waals surface area contributed by atoms with E-state index >= 15 is 0 Å². The zero-order valence-corrected chi connectivity index (χ0v) is 13.4. The number of carbonyl (C=O) groups excluding carboxylic acids is 2. The normalized spacial score (nSPS) is 20.1. The third kappa shape index (κ3) is 4.32. The average molecular weight is 315 g/mol. The molecule has 1 aromatic carbocycles. The molecule has 1 saturated heterocycles. The predicted molar refractivity (Wildman–Crippen MR) is 88.6 cm³/mol. The first kappa shape index (κ1) is 16.0. The van der Waals surface area contributed by atoms with Crippen LogP contribution >= 0.6 is 0 Å². The summed E-state index contributed by atoms with van der Waals surface area (Å²) in [6, 6.07) is 9.42. The Morgan fingerprint density at radius 2 is 1.78 bits per heavy atom. The number of nitrogens with zero attached hydrogens (tertiary/aromatic N) is 1. The van der Waals surface area contributed by atoms with Crippen molar-refractivity contribution in [2.75, 3.05) is 13.1 Å². The van der Waals surface area contributed by atoms with Crippen LogP contribution < -0.4 is 11.1 Å². The Balaban J connectivity index is 1.42. The van der Waals surface area contributed by atoms with E-state index in [-0.39, 0.29) is 17.9 Å². The number of nitrogens with two attached hydrogens (primary N) is 1. The highest BCUT2D eigenvalue weighted by Gasteiger charge is 2.35. The van der Waals surface area contributed by atoms with E-state index in [1.165, 1.54) is 0 Å². The number of amides is 2. The van der Waals surface area contributed by atoms with Gasteiger partial charge in [0.25, 0.3) is 0 Å². The average Bonchev–Trinajstić information content (AvgIpc) is 3.41. The zero-order chi connectivity index (χ0) is 16.2. The van der Waals surface area contributed by atoms with Gasteiger partial charge in [-0.2, -0.15) is 0 Å². The van der Waals surface area contributed by atoms with Crippen molar-refractivity contribution in [3.63, 3.8) is 0 Å². The van der Waals surface area contributed by atoms with Crippen LogP contribution in [0.3, 0.4) is 0 Å². The second kappa shape index (κ2) is 7.13. The van der Waals surface area contributed by atoms with Gasteiger partial charge in [0.05, 0.1) is 6.04 Å². The fourth-order valence-corrected chi connectivity index (χ4v) is 3.10. The maximum atomic E-state index is 12.2. The Labute approximate surface area is 137 Å². The monoisotopic (exact) mass is 315 g/mol. The minimum atomic E-state index is -0.525. The lowest BCUT2D eigenvalue weighted by molar-refractivity contribution is -0.133. The molecule has 0 aromatic heterocycles. The summed E-state index contributed by atoms with van der Waals surface area (Å²) in [5.74, 6) is 0.483. The van der Waals surface area contributed by atoms with Gasteiger partial charge in [-0.05, 0) is 37.7 Å². The fourth-order valence-electron chi connectivity index (χ4n) is 3.10. The van der Waals surface area contributed by atoms with Crippen molar-refractivity contribution in [2.24, 2.45) is 11.7 Å². The number of hydrogen-bond donors (Lipinski definition) is 2. The Bertz CT molecular complexity index is 549. The summed E-state index contributed by atoms with van der Waals surface area (Å²) < 4.78 is 0. The number of hydrogen-bond acceptors (Lipinski definition) is 3. The van der Waals surface area contributed by atoms with Gasteiger partial charge >= 0.3 is 0 Å². The Morgan fingerprint density at radius 3 is 2.39 bits per heavy atom. The van der Waals surface area contributed by atoms with E-state index < -0.39 is 6.04 Å². The molecule has 1 atom stereocenters. The van der Waals surface area contributed by atoms with E-state index in [1.807, 2.05) is 35.2 Å². The molecule has 3 N–H and O–H groups in total. The van der Waals surface area contributed by atoms with E-state index in [1.54, 1.807) is 0 Å². The number of nitrogens with one attached hydrogen (secondary N) is 1. The second-order valence-electron chi connectivity index (χ2n) is 6.68. The summed E-state index contributed by atoms with van der Waals surface area (Å²) in [4.78, 5) is 26.2. The molecule has 124 valence electrons. The van der Waals surface area contributed by atoms with Crippen LogP contribution in [0, 0.1) is 5.92 Å². The number of likely N-dealkylation sites (tertiary alicyclic amines) is 1. The molecule has 0 bridgehead atoms. The maximum Gasteiger partial charge on any atom is 0.237 e. The van der Waals surface area contributed by atoms with Gasteiger partial charge in [-0.3, -0.25) is 9.59 Å². The van der Waals surface area contributed by atoms with Crippen molar-refractivity contribution in [3.05, 3.63) is 35.9 Å². The topological polar surface area (TPSA) is 75.4 Å². The number of benzene rings is 1. The maximum absolute atomic E-state index is 12.2. The molecule has 1 aliphatic carbocycles. The summed E-state index contributed by atoms with van der Waals surface area (Å²) in [7, 11) is 0. The van der Waals surface area contributed by atoms with Crippen LogP contribution in [-0.2, 0) is 16.0 Å². The highest BCUT2D eigenvalue weighted by Crippen LogP contribution is 2.31. The molecule has 1 saturated carbocycles. The van der Waals surface area contributed by atoms with E-state index in [2.05, 4.69) is 5.32 Å². The SMILES string of the molecule is NC(Cc1ccccc1)C(=O)NC1CCN(C(=O)C2CC2)CC1. The van der Waals surface area contributed by atoms with Crippen molar-refractivity contribution >= 4 is 11.8 Å². The molecule has 3 rings (SSSR count). The van der Waals surface area contributed by atoms with Crippen LogP contribution in [0.25, 0.3) is 0 Å². The van der Waals surface area contributed by atoms with Crippen LogP contribution in [-0.4, -0.2) is 41.9 Å². The Kier molecular flexibility index (Phi) is 4.96. The Morgan fingerprint density at radius 1 is 1.13 bits per heavy atom. The minimum absolute atomic E-state index is 0.0965. The molecule has 2 amide bonds. The van der Waals surface area contributed by atoms with Gasteiger partial charge in [0.15, 0.2) is 0 Å². The van der Waals surface area contributed by atoms with Crippen LogP contribution in [0.2, 0.25) is 0 Å². The zero-order valence-electron chi connectivity index (χ0n) is 13.4. The van der Waals surface area contributed by atoms with Gasteiger partial charge in [-0.1, -0.05) is 30.3 Å². The third-order valence-corrected chi connectivity index (χ3v) is 4.71. The molecule has 1 aliphatic heterocycles. The molecule has 5 nitrogen and oxygen atoms in total. The van der Waals surface area contributed by atoms with Gasteiger partial charge in [-0.15, -0.1) is 0 Å². The molecule has 2 fully saturated rings. The molecular weight excluding hydrogens is 290 g/mol. The number of piperidine rings is 1. The van der Waals surface area contributed by atoms with Gasteiger partial charge in [0.2, 0.25) is 11.8 Å². The van der Waals surface area contributed by atoms with Crippen LogP contribution in [0.1, 0.15) is 31.2 Å². The molecule has 1 aromatic rings. The minimum Gasteiger partial charge on any atom is -0.352 e. The molecule has 2 aliphatic rings. The van der Waals surface area contributed by atoms with Crippen LogP contribution in [0.5, 0.6) is 0 Å². The summed E-state index contributed by atoms with van der Waals surface area (Å²) >= 11 is 0. The van der Waals surface area contributed by atoms with E-state index in [0.717, 1.165) is 44.3 Å². The molecule has 0 radical (unpaired) electrons. The second-order valence-corrected chi connectivity index (χ2v) is 6.68. The van der Waals surface area contributed by atoms with Gasteiger partial charge in [0, 0.05) is 25.0 Å². The quantitative estimate of drug-likeness (QED) is 0.853. The number of rotatable bonds is 5. The lowest BCUT2D eigenvalue weighted by atomic mass is 10.0. The summed E-state index contributed by atoms with van der Waals surface area (Å²) in [5, 5.41) is 3.04. The van der Waals surface area contributed by atoms with E-state index in [9.17, 15) is 9.59 Å². The first-order valence-corrected chi connectivity index (χ1v) is 8.52. The lowest BCUT2D eigenvalue weighted by Gasteiger charge is -2.33. The van der Waals surface area contributed by atoms with Crippen LogP contribution in [0.4, 0.5) is 0 Å². The smallest absolute Gasteiger partial charge is 0.237 e. The van der Waals surface area contributed by atoms with Gasteiger partial charge < -0.3 is 16.0 Å². The third-order valence-electron chi connectivity index (χ3n) is 4.71. The van der Waals surface area contributed by atoms with Crippen molar-refractivity contribution in [1.29, 1.82) is 0 Å². The highest BCUT2D eigenvalue weighted by molar-refractivity contribution is 5.82. The highest BCUT2D eigenvalue weighted by atomic mass is 16.2. The summed E-state index contributed by atoms with van der Waals surface area (Å²) in [6.45, 7) is 1.49. The van der Waals surface area contributed by atoms with E-state index in [4.69, 9.17) is 5.73 Å². The molecule has 5 heteroatoms. The number of carbonyl (C=O) groups is 2. The van der Waals surface area contributed by atoms with Gasteiger partial charge in [-0.25, -0.2) is 0 Å². The summed E-state index contributed by atoms with van der Waals surface area (Å²) in [6.07, 6.45) is 4.28. The van der Waals surface area contributed by atoms with Crippen molar-refractivity contribution in [3.8, 4) is 0 Å². The molecule has 23 heavy (non-hydrogen) atoms. The summed E-state index contributed by atoms with van der Waals surface area (Å²) in [5.41, 5.74) is 7.08. The molecular formula is C18H25N3O2. The lowest BCUT2D eigenvalue weighted by Crippen LogP contribution is -2.51. The standard InChI is InChI=1S/C18H25N3O2/c19-16(12-13-4-2-1-3-5-13)17(22)20-15-8-10-21(11-9-15)18(23)14-6-7-14/h1-5,14-16H,6-12,19H2,(H,20,22). The molecule has 0 spiro atoms. The first-order valence-electron chi connectivity index (χ1n) is 8.52. The molecule has 1 heterocycles. The predicted octanol–water partition coefficient (Wildman–Crippen LogP) is 1.07. The first-order chi connectivity index (χ1) is 11.1. The van der Waals surface area contributed by atoms with Crippen molar-refractivity contribution in [2.45, 2.75) is 44.2 Å². The van der Waals surface area contributed by atoms with E-state index in [0.29, 0.717) is 12.3 Å². The Hall–Kier alpha value is -1.88.